The molecule has 0 unspecified atom stereocenters. The Morgan fingerprint density at radius 1 is 0.259 bits per heavy atom. The number of hydrogen-bond donors (Lipinski definition) is 1. The molecule has 4 heteroatoms. The summed E-state index contributed by atoms with van der Waals surface area (Å²) in [6.45, 7) is 0. The highest BCUT2D eigenvalue weighted by molar-refractivity contribution is 7.20. The minimum atomic E-state index is -3.10. The van der Waals surface area contributed by atoms with E-state index in [9.17, 15) is 0 Å². The van der Waals surface area contributed by atoms with Crippen LogP contribution in [0.3, 0.4) is 0 Å². The zero-order chi connectivity index (χ0) is 38.7. The van der Waals surface area contributed by atoms with Crippen molar-refractivity contribution < 1.29 is 0 Å². The zero-order valence-electron chi connectivity index (χ0n) is 32.0. The molecule has 0 spiro atoms. The van der Waals surface area contributed by atoms with Gasteiger partial charge in [-0.2, -0.15) is 0 Å². The van der Waals surface area contributed by atoms with Crippen molar-refractivity contribution in [2.24, 2.45) is 0 Å². The van der Waals surface area contributed by atoms with Gasteiger partial charge in [0.15, 0.2) is 8.07 Å². The van der Waals surface area contributed by atoms with Crippen LogP contribution in [0.5, 0.6) is 0 Å². The van der Waals surface area contributed by atoms with Gasteiger partial charge in [-0.1, -0.05) is 164 Å². The van der Waals surface area contributed by atoms with Gasteiger partial charge in [0.1, 0.15) is 0 Å². The smallest absolute Gasteiger partial charge is 0.179 e. The summed E-state index contributed by atoms with van der Waals surface area (Å²) in [6.07, 6.45) is 0. The van der Waals surface area contributed by atoms with Crippen molar-refractivity contribution >= 4 is 84.8 Å². The highest BCUT2D eigenvalue weighted by Crippen LogP contribution is 2.40. The van der Waals surface area contributed by atoms with Crippen molar-refractivity contribution in [3.8, 4) is 0 Å². The van der Waals surface area contributed by atoms with Gasteiger partial charge in [0, 0.05) is 55.9 Å². The van der Waals surface area contributed by atoms with Crippen LogP contribution in [0.1, 0.15) is 0 Å². The van der Waals surface area contributed by atoms with E-state index in [1.165, 1.54) is 31.5 Å². The number of para-hydroxylation sites is 5. The Bertz CT molecular complexity index is 2710. The summed E-state index contributed by atoms with van der Waals surface area (Å²) in [5.41, 5.74) is 8.82. The largest absolute Gasteiger partial charge is 0.355 e. The highest BCUT2D eigenvalue weighted by atomic mass is 28.3. The second-order valence-corrected chi connectivity index (χ2v) is 18.5. The molecule has 1 aromatic heterocycles. The summed E-state index contributed by atoms with van der Waals surface area (Å²) in [6, 6.07) is 88.6. The molecular weight excluding hydrogens is 719 g/mol. The molecule has 0 radical (unpaired) electrons. The molecule has 0 amide bonds. The molecule has 10 aromatic rings. The van der Waals surface area contributed by atoms with Gasteiger partial charge in [0.25, 0.3) is 0 Å². The number of H-pyrrole nitrogens is 1. The normalized spacial score (nSPS) is 11.4. The van der Waals surface area contributed by atoms with E-state index in [0.29, 0.717) is 0 Å². The minimum absolute atomic E-state index is 1.08. The second kappa shape index (κ2) is 15.3. The maximum absolute atomic E-state index is 3.70. The molecule has 1 N–H and O–H groups in total. The van der Waals surface area contributed by atoms with Crippen LogP contribution in [0.2, 0.25) is 0 Å². The SMILES string of the molecule is c1ccc(N(c2ccccc2)c2cc(N(c3ccccc3)c3ccccc3)cc([Si](c3ccccc3)(c3ccccc3)c3ccc4[nH]c5ccccc5c4c3)c2)cc1. The maximum Gasteiger partial charge on any atom is 0.179 e. The Hall–Kier alpha value is -7.40. The number of aromatic amines is 1. The van der Waals surface area contributed by atoms with Gasteiger partial charge in [-0.3, -0.25) is 0 Å². The lowest BCUT2D eigenvalue weighted by Crippen LogP contribution is -2.74. The molecule has 3 nitrogen and oxygen atoms in total. The lowest BCUT2D eigenvalue weighted by Gasteiger charge is -2.37. The molecule has 0 atom stereocenters. The van der Waals surface area contributed by atoms with Crippen molar-refractivity contribution in [3.05, 3.63) is 243 Å². The van der Waals surface area contributed by atoms with Crippen molar-refractivity contribution in [1.82, 2.24) is 4.98 Å². The maximum atomic E-state index is 3.70. The van der Waals surface area contributed by atoms with Crippen LogP contribution in [0.4, 0.5) is 34.1 Å². The van der Waals surface area contributed by atoms with E-state index in [4.69, 9.17) is 0 Å². The van der Waals surface area contributed by atoms with Crippen LogP contribution in [-0.4, -0.2) is 13.1 Å². The predicted molar refractivity (Wildman–Crippen MR) is 249 cm³/mol. The number of anilines is 6. The van der Waals surface area contributed by atoms with Gasteiger partial charge < -0.3 is 14.8 Å². The Kier molecular flexibility index (Phi) is 9.22. The van der Waals surface area contributed by atoms with Crippen LogP contribution >= 0.6 is 0 Å². The van der Waals surface area contributed by atoms with Crippen molar-refractivity contribution in [1.29, 1.82) is 0 Å². The monoisotopic (exact) mass is 759 g/mol. The van der Waals surface area contributed by atoms with Crippen LogP contribution in [-0.2, 0) is 0 Å². The number of nitrogens with one attached hydrogen (secondary N) is 1. The summed E-state index contributed by atoms with van der Waals surface area (Å²) in [5, 5.41) is 7.71. The minimum Gasteiger partial charge on any atom is -0.355 e. The van der Waals surface area contributed by atoms with E-state index in [1.807, 2.05) is 0 Å². The third-order valence-electron chi connectivity index (χ3n) is 11.3. The Morgan fingerprint density at radius 2 is 0.638 bits per heavy atom. The molecular formula is C54H41N3Si. The molecule has 10 rings (SSSR count). The van der Waals surface area contributed by atoms with Crippen molar-refractivity contribution in [3.63, 3.8) is 0 Å². The first-order valence-corrected chi connectivity index (χ1v) is 21.9. The molecule has 1 heterocycles. The number of rotatable bonds is 10. The number of nitrogens with zero attached hydrogens (tertiary/aromatic N) is 2. The number of aromatic nitrogens is 1. The molecule has 276 valence electrons. The van der Waals surface area contributed by atoms with E-state index in [2.05, 4.69) is 257 Å². The molecule has 0 aliphatic heterocycles. The average molecular weight is 760 g/mol. The van der Waals surface area contributed by atoms with Gasteiger partial charge in [-0.05, 0) is 99.6 Å². The molecule has 0 saturated heterocycles. The van der Waals surface area contributed by atoms with Gasteiger partial charge >= 0.3 is 0 Å². The second-order valence-electron chi connectivity index (χ2n) is 14.7. The molecule has 0 aliphatic carbocycles. The third kappa shape index (κ3) is 6.26. The van der Waals surface area contributed by atoms with Crippen LogP contribution in [0, 0.1) is 0 Å². The molecule has 0 bridgehead atoms. The first-order valence-electron chi connectivity index (χ1n) is 19.9. The van der Waals surface area contributed by atoms with E-state index >= 15 is 0 Å². The van der Waals surface area contributed by atoms with Gasteiger partial charge in [-0.15, -0.1) is 0 Å². The predicted octanol–water partition coefficient (Wildman–Crippen LogP) is 11.6. The molecule has 0 fully saturated rings. The van der Waals surface area contributed by atoms with Gasteiger partial charge in [0.05, 0.1) is 0 Å². The lowest BCUT2D eigenvalue weighted by molar-refractivity contribution is 1.25. The highest BCUT2D eigenvalue weighted by Gasteiger charge is 2.42. The Morgan fingerprint density at radius 3 is 1.09 bits per heavy atom. The van der Waals surface area contributed by atoms with Crippen molar-refractivity contribution in [2.75, 3.05) is 9.80 Å². The average Bonchev–Trinajstić information content (AvgIpc) is 3.67. The summed E-state index contributed by atoms with van der Waals surface area (Å²) >= 11 is 0. The lowest BCUT2D eigenvalue weighted by atomic mass is 10.1. The van der Waals surface area contributed by atoms with E-state index in [-0.39, 0.29) is 0 Å². The topological polar surface area (TPSA) is 22.3 Å². The fourth-order valence-electron chi connectivity index (χ4n) is 8.73. The van der Waals surface area contributed by atoms with E-state index in [0.717, 1.165) is 45.2 Å². The van der Waals surface area contributed by atoms with Gasteiger partial charge in [-0.25, -0.2) is 0 Å². The molecule has 0 aliphatic rings. The van der Waals surface area contributed by atoms with Crippen LogP contribution in [0.25, 0.3) is 21.8 Å². The van der Waals surface area contributed by atoms with Gasteiger partial charge in [0.2, 0.25) is 0 Å². The quantitative estimate of drug-likeness (QED) is 0.111. The first-order chi connectivity index (χ1) is 28.8. The number of hydrogen-bond acceptors (Lipinski definition) is 2. The summed E-state index contributed by atoms with van der Waals surface area (Å²) in [4.78, 5) is 8.50. The Labute approximate surface area is 340 Å². The zero-order valence-corrected chi connectivity index (χ0v) is 33.0. The Balaban J connectivity index is 1.36. The molecule has 58 heavy (non-hydrogen) atoms. The fourth-order valence-corrected chi connectivity index (χ4v) is 13.5. The summed E-state index contributed by atoms with van der Waals surface area (Å²) < 4.78 is 0. The van der Waals surface area contributed by atoms with E-state index in [1.54, 1.807) is 0 Å². The fraction of sp³-hybridized carbons (Fsp3) is 0. The molecule has 9 aromatic carbocycles. The summed E-state index contributed by atoms with van der Waals surface area (Å²) in [5.74, 6) is 0. The number of benzene rings is 9. The van der Waals surface area contributed by atoms with Crippen LogP contribution in [0.15, 0.2) is 243 Å². The summed E-state index contributed by atoms with van der Waals surface area (Å²) in [7, 11) is -3.10. The number of fused-ring (bicyclic) bond motifs is 3. The molecule has 0 saturated carbocycles. The van der Waals surface area contributed by atoms with Crippen molar-refractivity contribution in [2.45, 2.75) is 0 Å². The van der Waals surface area contributed by atoms with E-state index < -0.39 is 8.07 Å². The van der Waals surface area contributed by atoms with Crippen LogP contribution < -0.4 is 30.5 Å². The third-order valence-corrected chi connectivity index (χ3v) is 16.0. The standard InChI is InChI=1S/C54H41N3Si/c1-7-21-41(22-8-1)56(42-23-9-2-10-24-42)45-37-46(57(43-25-11-3-12-26-43)44-27-13-4-14-28-44)39-50(38-45)58(47-29-15-5-16-30-47,48-31-17-6-18-32-48)49-35-36-54-52(40-49)51-33-19-20-34-53(51)55-54/h1-40,55H. The first kappa shape index (κ1) is 35.0.